The molecule has 2 N–H and O–H groups in total. The first-order valence-electron chi connectivity index (χ1n) is 6.64. The summed E-state index contributed by atoms with van der Waals surface area (Å²) in [5.41, 5.74) is 0.714. The van der Waals surface area contributed by atoms with Crippen LogP contribution in [0, 0.1) is 5.92 Å². The summed E-state index contributed by atoms with van der Waals surface area (Å²) in [7, 11) is 0. The number of anilines is 1. The van der Waals surface area contributed by atoms with Gasteiger partial charge in [-0.25, -0.2) is 0 Å². The molecular formula is C14H20Cl2N2O2. The molecule has 1 atom stereocenters. The third-order valence-corrected chi connectivity index (χ3v) is 3.39. The van der Waals surface area contributed by atoms with Gasteiger partial charge in [0.05, 0.1) is 17.5 Å². The maximum atomic E-state index is 12.0. The monoisotopic (exact) mass is 318 g/mol. The van der Waals surface area contributed by atoms with Crippen LogP contribution < -0.4 is 15.4 Å². The number of nitrogens with one attached hydrogen (secondary N) is 2. The number of carbonyl (C=O) groups is 1. The second kappa shape index (κ2) is 8.35. The Morgan fingerprint density at radius 3 is 2.95 bits per heavy atom. The molecule has 1 aromatic carbocycles. The van der Waals surface area contributed by atoms with E-state index in [2.05, 4.69) is 10.6 Å². The summed E-state index contributed by atoms with van der Waals surface area (Å²) < 4.78 is 5.49. The number of ether oxygens (including phenoxy) is 1. The molecule has 1 aliphatic heterocycles. The predicted molar refractivity (Wildman–Crippen MR) is 84.1 cm³/mol. The van der Waals surface area contributed by atoms with Gasteiger partial charge in [-0.3, -0.25) is 4.79 Å². The van der Waals surface area contributed by atoms with E-state index in [1.807, 2.05) is 13.0 Å². The smallest absolute Gasteiger partial charge is 0.228 e. The molecule has 4 nitrogen and oxygen atoms in total. The number of hydrogen-bond acceptors (Lipinski definition) is 3. The molecule has 0 saturated carbocycles. The summed E-state index contributed by atoms with van der Waals surface area (Å²) in [6, 6.07) is 5.34. The summed E-state index contributed by atoms with van der Waals surface area (Å²) in [6.45, 7) is 4.33. The third-order valence-electron chi connectivity index (χ3n) is 3.09. The van der Waals surface area contributed by atoms with E-state index in [9.17, 15) is 4.79 Å². The number of benzene rings is 1. The van der Waals surface area contributed by atoms with Crippen molar-refractivity contribution in [3.8, 4) is 5.75 Å². The highest BCUT2D eigenvalue weighted by molar-refractivity contribution is 6.32. The van der Waals surface area contributed by atoms with Gasteiger partial charge in [0.2, 0.25) is 5.91 Å². The van der Waals surface area contributed by atoms with E-state index in [4.69, 9.17) is 16.3 Å². The van der Waals surface area contributed by atoms with E-state index in [-0.39, 0.29) is 24.2 Å². The molecule has 1 fully saturated rings. The van der Waals surface area contributed by atoms with Crippen LogP contribution in [0.1, 0.15) is 19.8 Å². The van der Waals surface area contributed by atoms with Crippen LogP contribution in [0.4, 0.5) is 5.69 Å². The second-order valence-electron chi connectivity index (χ2n) is 4.67. The Balaban J connectivity index is 0.00000200. The van der Waals surface area contributed by atoms with Crippen LogP contribution >= 0.6 is 24.0 Å². The molecule has 1 unspecified atom stereocenters. The van der Waals surface area contributed by atoms with Crippen molar-refractivity contribution in [3.63, 3.8) is 0 Å². The van der Waals surface area contributed by atoms with Crippen LogP contribution in [0.2, 0.25) is 5.02 Å². The Kier molecular flexibility index (Phi) is 7.13. The van der Waals surface area contributed by atoms with Gasteiger partial charge in [-0.15, -0.1) is 12.4 Å². The van der Waals surface area contributed by atoms with Crippen molar-refractivity contribution >= 4 is 35.6 Å². The van der Waals surface area contributed by atoms with Crippen LogP contribution in [0.15, 0.2) is 18.2 Å². The number of rotatable bonds is 5. The van der Waals surface area contributed by atoms with Gasteiger partial charge in [-0.1, -0.05) is 18.5 Å². The molecule has 0 aliphatic carbocycles. The topological polar surface area (TPSA) is 50.4 Å². The lowest BCUT2D eigenvalue weighted by molar-refractivity contribution is -0.119. The number of halogens is 2. The van der Waals surface area contributed by atoms with E-state index >= 15 is 0 Å². The molecule has 1 saturated heterocycles. The van der Waals surface area contributed by atoms with Crippen LogP contribution in [0.25, 0.3) is 0 Å². The number of hydrogen-bond donors (Lipinski definition) is 2. The fraction of sp³-hybridized carbons (Fsp3) is 0.500. The highest BCUT2D eigenvalue weighted by Gasteiger charge is 2.22. The average molecular weight is 319 g/mol. The van der Waals surface area contributed by atoms with Gasteiger partial charge in [0, 0.05) is 12.2 Å². The van der Waals surface area contributed by atoms with Crippen molar-refractivity contribution in [2.24, 2.45) is 5.92 Å². The molecule has 2 rings (SSSR count). The lowest BCUT2D eigenvalue weighted by Gasteiger charge is -2.12. The van der Waals surface area contributed by atoms with E-state index < -0.39 is 0 Å². The average Bonchev–Trinajstić information content (AvgIpc) is 2.92. The molecule has 0 radical (unpaired) electrons. The van der Waals surface area contributed by atoms with Crippen LogP contribution in [0.3, 0.4) is 0 Å². The summed E-state index contributed by atoms with van der Waals surface area (Å²) in [5.74, 6) is 0.752. The Morgan fingerprint density at radius 1 is 1.55 bits per heavy atom. The predicted octanol–water partition coefficient (Wildman–Crippen LogP) is 3.10. The molecular weight excluding hydrogens is 299 g/mol. The van der Waals surface area contributed by atoms with E-state index in [0.29, 0.717) is 23.1 Å². The summed E-state index contributed by atoms with van der Waals surface area (Å²) in [6.07, 6.45) is 1.82. The maximum Gasteiger partial charge on any atom is 0.228 e. The molecule has 0 spiro atoms. The zero-order valence-electron chi connectivity index (χ0n) is 11.4. The molecule has 1 heterocycles. The molecule has 112 valence electrons. The lowest BCUT2D eigenvalue weighted by Crippen LogP contribution is -2.24. The Hall–Kier alpha value is -0.970. The Bertz CT molecular complexity index is 449. The molecule has 1 amide bonds. The zero-order valence-corrected chi connectivity index (χ0v) is 13.0. The van der Waals surface area contributed by atoms with Crippen molar-refractivity contribution < 1.29 is 9.53 Å². The number of carbonyl (C=O) groups excluding carboxylic acids is 1. The van der Waals surface area contributed by atoms with Gasteiger partial charge in [0.1, 0.15) is 5.75 Å². The SMILES string of the molecule is CCCOc1ccc(NC(=O)C2CCNC2)cc1Cl.Cl. The largest absolute Gasteiger partial charge is 0.492 e. The minimum absolute atomic E-state index is 0. The van der Waals surface area contributed by atoms with E-state index in [1.165, 1.54) is 0 Å². The van der Waals surface area contributed by atoms with Crippen molar-refractivity contribution in [1.29, 1.82) is 0 Å². The maximum absolute atomic E-state index is 12.0. The third kappa shape index (κ3) is 4.54. The van der Waals surface area contributed by atoms with Crippen molar-refractivity contribution in [2.75, 3.05) is 25.0 Å². The first kappa shape index (κ1) is 17.1. The van der Waals surface area contributed by atoms with Crippen molar-refractivity contribution in [3.05, 3.63) is 23.2 Å². The van der Waals surface area contributed by atoms with Gasteiger partial charge in [0.25, 0.3) is 0 Å². The molecule has 6 heteroatoms. The van der Waals surface area contributed by atoms with E-state index in [1.54, 1.807) is 12.1 Å². The van der Waals surface area contributed by atoms with Gasteiger partial charge in [-0.2, -0.15) is 0 Å². The first-order valence-corrected chi connectivity index (χ1v) is 7.02. The second-order valence-corrected chi connectivity index (χ2v) is 5.08. The minimum Gasteiger partial charge on any atom is -0.492 e. The quantitative estimate of drug-likeness (QED) is 0.877. The first-order chi connectivity index (χ1) is 9.20. The number of amides is 1. The highest BCUT2D eigenvalue weighted by atomic mass is 35.5. The van der Waals surface area contributed by atoms with Gasteiger partial charge in [-0.05, 0) is 37.6 Å². The fourth-order valence-electron chi connectivity index (χ4n) is 2.03. The Labute approximate surface area is 130 Å². The highest BCUT2D eigenvalue weighted by Crippen LogP contribution is 2.28. The van der Waals surface area contributed by atoms with Crippen LogP contribution in [-0.2, 0) is 4.79 Å². The molecule has 1 aliphatic rings. The zero-order chi connectivity index (χ0) is 13.7. The molecule has 0 bridgehead atoms. The van der Waals surface area contributed by atoms with Crippen LogP contribution in [-0.4, -0.2) is 25.6 Å². The summed E-state index contributed by atoms with van der Waals surface area (Å²) >= 11 is 6.12. The van der Waals surface area contributed by atoms with Gasteiger partial charge >= 0.3 is 0 Å². The lowest BCUT2D eigenvalue weighted by atomic mass is 10.1. The molecule has 20 heavy (non-hydrogen) atoms. The summed E-state index contributed by atoms with van der Waals surface area (Å²) in [4.78, 5) is 12.0. The molecule has 0 aromatic heterocycles. The van der Waals surface area contributed by atoms with Crippen molar-refractivity contribution in [2.45, 2.75) is 19.8 Å². The van der Waals surface area contributed by atoms with E-state index in [0.717, 1.165) is 25.9 Å². The standard InChI is InChI=1S/C14H19ClN2O2.ClH/c1-2-7-19-13-4-3-11(8-12(13)15)17-14(18)10-5-6-16-9-10;/h3-4,8,10,16H,2,5-7,9H2,1H3,(H,17,18);1H. The summed E-state index contributed by atoms with van der Waals surface area (Å²) in [5, 5.41) is 6.59. The van der Waals surface area contributed by atoms with Gasteiger partial charge in [0.15, 0.2) is 0 Å². The Morgan fingerprint density at radius 2 is 2.35 bits per heavy atom. The fourth-order valence-corrected chi connectivity index (χ4v) is 2.27. The van der Waals surface area contributed by atoms with Gasteiger partial charge < -0.3 is 15.4 Å². The molecule has 1 aromatic rings. The van der Waals surface area contributed by atoms with Crippen molar-refractivity contribution in [1.82, 2.24) is 5.32 Å². The normalized spacial score (nSPS) is 17.4. The van der Waals surface area contributed by atoms with Crippen LogP contribution in [0.5, 0.6) is 5.75 Å². The minimum atomic E-state index is 0.